The molecule has 0 bridgehead atoms. The number of esters is 4. The highest BCUT2D eigenvalue weighted by molar-refractivity contribution is 7.47. The van der Waals surface area contributed by atoms with Crippen LogP contribution in [0.3, 0.4) is 0 Å². The highest BCUT2D eigenvalue weighted by Crippen LogP contribution is 2.45. The van der Waals surface area contributed by atoms with Crippen LogP contribution in [-0.4, -0.2) is 96.7 Å². The Labute approximate surface area is 530 Å². The molecule has 4 unspecified atom stereocenters. The summed E-state index contributed by atoms with van der Waals surface area (Å²) in [4.78, 5) is 72.4. The first kappa shape index (κ1) is 85.1. The van der Waals surface area contributed by atoms with E-state index in [2.05, 4.69) is 55.4 Å². The Hall–Kier alpha value is -1.94. The zero-order valence-electron chi connectivity index (χ0n) is 56.6. The third kappa shape index (κ3) is 60.1. The maximum Gasteiger partial charge on any atom is 0.472 e. The normalized spacial score (nSPS) is 15.0. The van der Waals surface area contributed by atoms with E-state index < -0.39 is 97.5 Å². The predicted molar refractivity (Wildman–Crippen MR) is 349 cm³/mol. The highest BCUT2D eigenvalue weighted by Gasteiger charge is 2.30. The fourth-order valence-corrected chi connectivity index (χ4v) is 11.7. The van der Waals surface area contributed by atoms with Gasteiger partial charge in [0.1, 0.15) is 19.3 Å². The summed E-state index contributed by atoms with van der Waals surface area (Å²) >= 11 is 0. The Morgan fingerprint density at radius 3 is 0.816 bits per heavy atom. The van der Waals surface area contributed by atoms with Gasteiger partial charge in [0.25, 0.3) is 0 Å². The highest BCUT2D eigenvalue weighted by atomic mass is 31.2. The number of carbonyl (C=O) groups is 4. The first-order valence-electron chi connectivity index (χ1n) is 35.3. The van der Waals surface area contributed by atoms with Crippen molar-refractivity contribution in [2.45, 2.75) is 350 Å². The summed E-state index contributed by atoms with van der Waals surface area (Å²) in [7, 11) is -9.90. The molecule has 0 aliphatic carbocycles. The van der Waals surface area contributed by atoms with Crippen LogP contribution in [0.1, 0.15) is 331 Å². The van der Waals surface area contributed by atoms with Crippen molar-refractivity contribution in [2.24, 2.45) is 23.7 Å². The van der Waals surface area contributed by atoms with Gasteiger partial charge < -0.3 is 33.8 Å². The van der Waals surface area contributed by atoms with Gasteiger partial charge in [-0.2, -0.15) is 0 Å². The molecule has 0 fully saturated rings. The molecule has 0 spiro atoms. The van der Waals surface area contributed by atoms with Gasteiger partial charge in [-0.25, -0.2) is 9.13 Å². The predicted octanol–water partition coefficient (Wildman–Crippen LogP) is 18.9. The summed E-state index contributed by atoms with van der Waals surface area (Å²) in [6.07, 6.45) is 39.0. The number of phosphoric ester groups is 2. The molecule has 3 N–H and O–H groups in total. The minimum absolute atomic E-state index is 0.102. The van der Waals surface area contributed by atoms with Crippen molar-refractivity contribution in [3.8, 4) is 0 Å². The lowest BCUT2D eigenvalue weighted by Crippen LogP contribution is -2.30. The van der Waals surface area contributed by atoms with Crippen molar-refractivity contribution in [2.75, 3.05) is 39.6 Å². The van der Waals surface area contributed by atoms with Gasteiger partial charge in [-0.05, 0) is 49.4 Å². The molecule has 7 atom stereocenters. The second kappa shape index (κ2) is 57.9. The zero-order chi connectivity index (χ0) is 64.7. The lowest BCUT2D eigenvalue weighted by Gasteiger charge is -2.21. The number of phosphoric acid groups is 2. The Morgan fingerprint density at radius 1 is 0.322 bits per heavy atom. The minimum atomic E-state index is -4.95. The summed E-state index contributed by atoms with van der Waals surface area (Å²) < 4.78 is 68.2. The van der Waals surface area contributed by atoms with E-state index in [1.165, 1.54) is 128 Å². The molecule has 0 aromatic heterocycles. The van der Waals surface area contributed by atoms with Crippen molar-refractivity contribution in [3.05, 3.63) is 0 Å². The molecule has 0 saturated carbocycles. The fraction of sp³-hybridized carbons (Fsp3) is 0.941. The van der Waals surface area contributed by atoms with Crippen molar-refractivity contribution in [3.63, 3.8) is 0 Å². The van der Waals surface area contributed by atoms with E-state index in [-0.39, 0.29) is 25.7 Å². The Morgan fingerprint density at radius 2 is 0.552 bits per heavy atom. The molecule has 0 saturated heterocycles. The van der Waals surface area contributed by atoms with E-state index in [1.807, 2.05) is 0 Å². The number of hydrogen-bond acceptors (Lipinski definition) is 15. The van der Waals surface area contributed by atoms with Crippen LogP contribution in [0, 0.1) is 23.7 Å². The molecule has 0 aromatic rings. The maximum atomic E-state index is 13.0. The molecule has 0 aliphatic rings. The summed E-state index contributed by atoms with van der Waals surface area (Å²) in [6, 6.07) is 0. The molecular formula is C68H132O17P2. The van der Waals surface area contributed by atoms with Gasteiger partial charge in [0.05, 0.1) is 26.4 Å². The SMILES string of the molecule is CCC(C)CCCCCCCCC(=O)OC[C@H](COP(=O)(O)OC[C@H](O)COP(=O)(O)OC[C@@H](COC(=O)CCCCCCCCCCCC(C)C)OC(=O)CCCCCCCCC(C)CC)OC(=O)CCCCCCCCCCCCCCC(C)C. The van der Waals surface area contributed by atoms with Crippen molar-refractivity contribution in [1.82, 2.24) is 0 Å². The molecule has 0 aromatic carbocycles. The van der Waals surface area contributed by atoms with E-state index in [0.29, 0.717) is 25.7 Å². The second-order valence-electron chi connectivity index (χ2n) is 26.0. The third-order valence-corrected chi connectivity index (χ3v) is 18.2. The summed E-state index contributed by atoms with van der Waals surface area (Å²) in [5.74, 6) is 0.836. The second-order valence-corrected chi connectivity index (χ2v) is 28.9. The average Bonchev–Trinajstić information content (AvgIpc) is 3.69. The summed E-state index contributed by atoms with van der Waals surface area (Å²) in [6.45, 7) is 14.0. The van der Waals surface area contributed by atoms with Crippen LogP contribution in [0.5, 0.6) is 0 Å². The quantitative estimate of drug-likeness (QED) is 0.0222. The summed E-state index contributed by atoms with van der Waals surface area (Å²) in [5, 5.41) is 10.6. The third-order valence-electron chi connectivity index (χ3n) is 16.3. The molecule has 0 amide bonds. The Bertz CT molecular complexity index is 1730. The van der Waals surface area contributed by atoms with Crippen molar-refractivity contribution < 1.29 is 80.2 Å². The first-order valence-corrected chi connectivity index (χ1v) is 38.3. The minimum Gasteiger partial charge on any atom is -0.462 e. The molecule has 516 valence electrons. The number of hydrogen-bond donors (Lipinski definition) is 3. The van der Waals surface area contributed by atoms with Gasteiger partial charge in [-0.3, -0.25) is 37.3 Å². The van der Waals surface area contributed by atoms with Gasteiger partial charge in [0, 0.05) is 25.7 Å². The lowest BCUT2D eigenvalue weighted by molar-refractivity contribution is -0.161. The topological polar surface area (TPSA) is 237 Å². The van der Waals surface area contributed by atoms with Crippen LogP contribution >= 0.6 is 15.6 Å². The molecule has 0 radical (unpaired) electrons. The number of carbonyl (C=O) groups excluding carboxylic acids is 4. The van der Waals surface area contributed by atoms with Gasteiger partial charge >= 0.3 is 39.5 Å². The maximum absolute atomic E-state index is 13.0. The summed E-state index contributed by atoms with van der Waals surface area (Å²) in [5.41, 5.74) is 0. The van der Waals surface area contributed by atoms with Crippen molar-refractivity contribution >= 4 is 39.5 Å². The average molecular weight is 1280 g/mol. The van der Waals surface area contributed by atoms with Crippen LogP contribution in [0.4, 0.5) is 0 Å². The van der Waals surface area contributed by atoms with Gasteiger partial charge in [0.2, 0.25) is 0 Å². The zero-order valence-corrected chi connectivity index (χ0v) is 58.4. The van der Waals surface area contributed by atoms with E-state index >= 15 is 0 Å². The van der Waals surface area contributed by atoms with Gasteiger partial charge in [0.15, 0.2) is 12.2 Å². The number of aliphatic hydroxyl groups is 1. The number of ether oxygens (including phenoxy) is 4. The van der Waals surface area contributed by atoms with Gasteiger partial charge in [-0.1, -0.05) is 280 Å². The van der Waals surface area contributed by atoms with Crippen LogP contribution in [0.15, 0.2) is 0 Å². The molecular weight excluding hydrogens is 1150 g/mol. The number of unbranched alkanes of at least 4 members (excludes halogenated alkanes) is 29. The Kier molecular flexibility index (Phi) is 56.6. The smallest absolute Gasteiger partial charge is 0.462 e. The van der Waals surface area contributed by atoms with E-state index in [9.17, 15) is 43.2 Å². The van der Waals surface area contributed by atoms with Gasteiger partial charge in [-0.15, -0.1) is 0 Å². The molecule has 0 aliphatic heterocycles. The van der Waals surface area contributed by atoms with Crippen LogP contribution < -0.4 is 0 Å². The van der Waals surface area contributed by atoms with Crippen LogP contribution in [-0.2, 0) is 65.4 Å². The molecule has 0 rings (SSSR count). The largest absolute Gasteiger partial charge is 0.472 e. The number of rotatable bonds is 65. The molecule has 17 nitrogen and oxygen atoms in total. The standard InChI is InChI=1S/C68H132O17P2/c1-9-60(7)46-38-30-24-26-33-41-49-66(71)79-55-63(84-67(72)50-42-34-23-18-14-12-11-13-16-20-28-36-44-58(3)4)56-82-86(74,75)80-52-62(69)53-81-87(76,77)83-57-64(85-68(73)51-43-35-27-25-31-39-47-61(8)10-2)54-78-65(70)48-40-32-22-19-15-17-21-29-37-45-59(5)6/h58-64,69H,9-57H2,1-8H3,(H,74,75)(H,76,77)/t60?,61?,62-,63+,64+/m0/s1. The van der Waals surface area contributed by atoms with Crippen molar-refractivity contribution in [1.29, 1.82) is 0 Å². The molecule has 0 heterocycles. The fourth-order valence-electron chi connectivity index (χ4n) is 10.1. The van der Waals surface area contributed by atoms with Crippen LogP contribution in [0.2, 0.25) is 0 Å². The lowest BCUT2D eigenvalue weighted by atomic mass is 10.00. The first-order chi connectivity index (χ1) is 41.7. The number of aliphatic hydroxyl groups excluding tert-OH is 1. The molecule has 19 heteroatoms. The van der Waals surface area contributed by atoms with E-state index in [1.54, 1.807) is 0 Å². The van der Waals surface area contributed by atoms with E-state index in [0.717, 1.165) is 120 Å². The monoisotopic (exact) mass is 1280 g/mol. The Balaban J connectivity index is 5.25. The molecule has 87 heavy (non-hydrogen) atoms. The van der Waals surface area contributed by atoms with E-state index in [4.69, 9.17) is 37.0 Å². The van der Waals surface area contributed by atoms with Crippen LogP contribution in [0.25, 0.3) is 0 Å².